The molecule has 0 saturated carbocycles. The Kier molecular flexibility index (Phi) is 6.06. The molecule has 1 aromatic carbocycles. The normalized spacial score (nSPS) is 11.2. The lowest BCUT2D eigenvalue weighted by atomic mass is 10.1. The van der Waals surface area contributed by atoms with Crippen LogP contribution in [0.2, 0.25) is 0 Å². The largest absolute Gasteiger partial charge is 0.382 e. The average Bonchev–Trinajstić information content (AvgIpc) is 2.34. The molecule has 0 aliphatic heterocycles. The van der Waals surface area contributed by atoms with Crippen LogP contribution in [0.1, 0.15) is 46.1 Å². The standard InChI is InChI=1S/C15H26N2/c1-5-14(6-2)17-15-9-7-8-13(10-15)11-16-12(3)4/h7-10,12,14,16-17H,5-6,11H2,1-4H3. The molecule has 0 aromatic heterocycles. The van der Waals surface area contributed by atoms with E-state index in [4.69, 9.17) is 0 Å². The van der Waals surface area contributed by atoms with E-state index in [9.17, 15) is 0 Å². The summed E-state index contributed by atoms with van der Waals surface area (Å²) in [6.07, 6.45) is 2.34. The number of anilines is 1. The Bertz CT molecular complexity index is 316. The zero-order valence-corrected chi connectivity index (χ0v) is 11.6. The third-order valence-corrected chi connectivity index (χ3v) is 3.00. The summed E-state index contributed by atoms with van der Waals surface area (Å²) >= 11 is 0. The van der Waals surface area contributed by atoms with Crippen molar-refractivity contribution in [1.82, 2.24) is 5.32 Å². The van der Waals surface area contributed by atoms with Crippen LogP contribution in [0.25, 0.3) is 0 Å². The summed E-state index contributed by atoms with van der Waals surface area (Å²) in [6, 6.07) is 9.81. The highest BCUT2D eigenvalue weighted by Gasteiger charge is 2.03. The molecular formula is C15H26N2. The van der Waals surface area contributed by atoms with Crippen LogP contribution in [0, 0.1) is 0 Å². The Labute approximate surface area is 106 Å². The van der Waals surface area contributed by atoms with Crippen LogP contribution in [0.3, 0.4) is 0 Å². The molecule has 96 valence electrons. The summed E-state index contributed by atoms with van der Waals surface area (Å²) in [5.41, 5.74) is 2.58. The first kappa shape index (κ1) is 14.0. The van der Waals surface area contributed by atoms with Gasteiger partial charge in [0.25, 0.3) is 0 Å². The van der Waals surface area contributed by atoms with E-state index in [1.807, 2.05) is 0 Å². The van der Waals surface area contributed by atoms with E-state index in [2.05, 4.69) is 62.6 Å². The minimum atomic E-state index is 0.533. The first-order chi connectivity index (χ1) is 8.15. The monoisotopic (exact) mass is 234 g/mol. The third-order valence-electron chi connectivity index (χ3n) is 3.00. The van der Waals surface area contributed by atoms with Crippen LogP contribution in [0.15, 0.2) is 24.3 Å². The lowest BCUT2D eigenvalue weighted by Crippen LogP contribution is -2.22. The van der Waals surface area contributed by atoms with Crippen molar-refractivity contribution in [2.75, 3.05) is 5.32 Å². The molecule has 0 unspecified atom stereocenters. The summed E-state index contributed by atoms with van der Waals surface area (Å²) in [7, 11) is 0. The minimum absolute atomic E-state index is 0.533. The van der Waals surface area contributed by atoms with Crippen LogP contribution in [-0.2, 0) is 6.54 Å². The Morgan fingerprint density at radius 1 is 1.12 bits per heavy atom. The maximum atomic E-state index is 3.58. The molecule has 0 saturated heterocycles. The van der Waals surface area contributed by atoms with Crippen LogP contribution >= 0.6 is 0 Å². The van der Waals surface area contributed by atoms with Crippen LogP contribution in [-0.4, -0.2) is 12.1 Å². The molecule has 2 heteroatoms. The van der Waals surface area contributed by atoms with Crippen molar-refractivity contribution in [3.63, 3.8) is 0 Å². The molecule has 0 atom stereocenters. The van der Waals surface area contributed by atoms with Gasteiger partial charge < -0.3 is 10.6 Å². The van der Waals surface area contributed by atoms with Gasteiger partial charge in [-0.05, 0) is 30.5 Å². The second-order valence-electron chi connectivity index (χ2n) is 4.89. The molecule has 17 heavy (non-hydrogen) atoms. The molecule has 0 bridgehead atoms. The van der Waals surface area contributed by atoms with Gasteiger partial charge in [0, 0.05) is 24.3 Å². The van der Waals surface area contributed by atoms with Gasteiger partial charge in [0.05, 0.1) is 0 Å². The number of hydrogen-bond acceptors (Lipinski definition) is 2. The molecule has 0 aliphatic rings. The maximum absolute atomic E-state index is 3.58. The molecule has 0 amide bonds. The SMILES string of the molecule is CCC(CC)Nc1cccc(CNC(C)C)c1. The minimum Gasteiger partial charge on any atom is -0.382 e. The molecule has 0 heterocycles. The lowest BCUT2D eigenvalue weighted by Gasteiger charge is -2.17. The molecule has 2 nitrogen and oxygen atoms in total. The number of hydrogen-bond donors (Lipinski definition) is 2. The van der Waals surface area contributed by atoms with E-state index in [1.54, 1.807) is 0 Å². The number of rotatable bonds is 7. The number of benzene rings is 1. The summed E-state index contributed by atoms with van der Waals surface area (Å²) in [6.45, 7) is 9.74. The van der Waals surface area contributed by atoms with Crippen molar-refractivity contribution in [2.24, 2.45) is 0 Å². The van der Waals surface area contributed by atoms with Gasteiger partial charge in [-0.3, -0.25) is 0 Å². The van der Waals surface area contributed by atoms with Gasteiger partial charge in [0.1, 0.15) is 0 Å². The fraction of sp³-hybridized carbons (Fsp3) is 0.600. The quantitative estimate of drug-likeness (QED) is 0.750. The predicted octanol–water partition coefficient (Wildman–Crippen LogP) is 3.79. The Hall–Kier alpha value is -1.02. The van der Waals surface area contributed by atoms with Crippen LogP contribution in [0.4, 0.5) is 5.69 Å². The van der Waals surface area contributed by atoms with E-state index >= 15 is 0 Å². The second-order valence-corrected chi connectivity index (χ2v) is 4.89. The van der Waals surface area contributed by atoms with Gasteiger partial charge in [-0.15, -0.1) is 0 Å². The molecule has 2 N–H and O–H groups in total. The summed E-state index contributed by atoms with van der Waals surface area (Å²) < 4.78 is 0. The van der Waals surface area contributed by atoms with Crippen molar-refractivity contribution < 1.29 is 0 Å². The van der Waals surface area contributed by atoms with Crippen molar-refractivity contribution in [2.45, 2.75) is 59.2 Å². The lowest BCUT2D eigenvalue weighted by molar-refractivity contribution is 0.589. The van der Waals surface area contributed by atoms with E-state index in [0.717, 1.165) is 6.54 Å². The highest BCUT2D eigenvalue weighted by Crippen LogP contribution is 2.14. The molecular weight excluding hydrogens is 208 g/mol. The van der Waals surface area contributed by atoms with Crippen molar-refractivity contribution >= 4 is 5.69 Å². The fourth-order valence-corrected chi connectivity index (χ4v) is 1.82. The third kappa shape index (κ3) is 5.22. The molecule has 0 fully saturated rings. The van der Waals surface area contributed by atoms with E-state index in [0.29, 0.717) is 12.1 Å². The summed E-state index contributed by atoms with van der Waals surface area (Å²) in [4.78, 5) is 0. The van der Waals surface area contributed by atoms with Crippen molar-refractivity contribution in [1.29, 1.82) is 0 Å². The Balaban J connectivity index is 2.58. The van der Waals surface area contributed by atoms with Gasteiger partial charge in [-0.25, -0.2) is 0 Å². The number of nitrogens with one attached hydrogen (secondary N) is 2. The molecule has 1 rings (SSSR count). The first-order valence-electron chi connectivity index (χ1n) is 6.74. The first-order valence-corrected chi connectivity index (χ1v) is 6.74. The molecule has 0 radical (unpaired) electrons. The van der Waals surface area contributed by atoms with Gasteiger partial charge in [-0.2, -0.15) is 0 Å². The van der Waals surface area contributed by atoms with Crippen LogP contribution in [0.5, 0.6) is 0 Å². The molecule has 0 spiro atoms. The van der Waals surface area contributed by atoms with E-state index in [-0.39, 0.29) is 0 Å². The Morgan fingerprint density at radius 3 is 2.41 bits per heavy atom. The zero-order chi connectivity index (χ0) is 12.7. The summed E-state index contributed by atoms with van der Waals surface area (Å²) in [5.74, 6) is 0. The van der Waals surface area contributed by atoms with Gasteiger partial charge in [0.2, 0.25) is 0 Å². The smallest absolute Gasteiger partial charge is 0.0345 e. The Morgan fingerprint density at radius 2 is 1.82 bits per heavy atom. The average molecular weight is 234 g/mol. The van der Waals surface area contributed by atoms with Gasteiger partial charge in [0.15, 0.2) is 0 Å². The van der Waals surface area contributed by atoms with Gasteiger partial charge >= 0.3 is 0 Å². The van der Waals surface area contributed by atoms with E-state index in [1.165, 1.54) is 24.1 Å². The summed E-state index contributed by atoms with van der Waals surface area (Å²) in [5, 5.41) is 7.02. The topological polar surface area (TPSA) is 24.1 Å². The highest BCUT2D eigenvalue weighted by atomic mass is 14.9. The fourth-order valence-electron chi connectivity index (χ4n) is 1.82. The molecule has 1 aromatic rings. The molecule has 0 aliphatic carbocycles. The van der Waals surface area contributed by atoms with Crippen LogP contribution < -0.4 is 10.6 Å². The van der Waals surface area contributed by atoms with Gasteiger partial charge in [-0.1, -0.05) is 39.8 Å². The highest BCUT2D eigenvalue weighted by molar-refractivity contribution is 5.46. The van der Waals surface area contributed by atoms with E-state index < -0.39 is 0 Å². The van der Waals surface area contributed by atoms with Crippen molar-refractivity contribution in [3.8, 4) is 0 Å². The van der Waals surface area contributed by atoms with Crippen molar-refractivity contribution in [3.05, 3.63) is 29.8 Å². The zero-order valence-electron chi connectivity index (χ0n) is 11.6. The predicted molar refractivity (Wildman–Crippen MR) is 76.4 cm³/mol. The maximum Gasteiger partial charge on any atom is 0.0345 e. The second kappa shape index (κ2) is 7.33.